The lowest BCUT2D eigenvalue weighted by atomic mass is 10.2. The van der Waals surface area contributed by atoms with Gasteiger partial charge in [0.05, 0.1) is 18.7 Å². The first-order valence-corrected chi connectivity index (χ1v) is 6.36. The average molecular weight is 274 g/mol. The molecule has 6 nitrogen and oxygen atoms in total. The van der Waals surface area contributed by atoms with Crippen LogP contribution < -0.4 is 16.4 Å². The minimum Gasteiger partial charge on any atom is -0.355 e. The number of carbonyl (C=O) groups is 2. The van der Waals surface area contributed by atoms with Crippen LogP contribution >= 0.6 is 0 Å². The maximum absolute atomic E-state index is 11.8. The molecule has 0 radical (unpaired) electrons. The molecule has 1 aromatic heterocycles. The summed E-state index contributed by atoms with van der Waals surface area (Å²) in [5.41, 5.74) is 6.25. The van der Waals surface area contributed by atoms with Gasteiger partial charge in [-0.15, -0.1) is 0 Å². The summed E-state index contributed by atoms with van der Waals surface area (Å²) in [6, 6.07) is 1.61. The van der Waals surface area contributed by atoms with E-state index in [1.165, 1.54) is 6.20 Å². The first-order valence-electron chi connectivity index (χ1n) is 6.36. The highest BCUT2D eigenvalue weighted by atomic mass is 16.2. The van der Waals surface area contributed by atoms with Crippen molar-refractivity contribution in [2.45, 2.75) is 13.3 Å². The van der Waals surface area contributed by atoms with E-state index in [2.05, 4.69) is 27.5 Å². The van der Waals surface area contributed by atoms with Crippen LogP contribution in [0.1, 0.15) is 29.3 Å². The van der Waals surface area contributed by atoms with E-state index in [0.717, 1.165) is 6.42 Å². The largest absolute Gasteiger partial charge is 0.355 e. The summed E-state index contributed by atoms with van der Waals surface area (Å²) in [4.78, 5) is 27.1. The van der Waals surface area contributed by atoms with Gasteiger partial charge in [-0.25, -0.2) is 0 Å². The molecule has 0 unspecified atom stereocenters. The fourth-order valence-corrected chi connectivity index (χ4v) is 1.38. The Kier molecular flexibility index (Phi) is 6.79. The van der Waals surface area contributed by atoms with Gasteiger partial charge in [0.15, 0.2) is 0 Å². The fraction of sp³-hybridized carbons (Fsp3) is 0.357. The molecule has 4 N–H and O–H groups in total. The zero-order chi connectivity index (χ0) is 14.8. The van der Waals surface area contributed by atoms with Gasteiger partial charge < -0.3 is 16.4 Å². The van der Waals surface area contributed by atoms with Crippen LogP contribution in [0.5, 0.6) is 0 Å². The molecular weight excluding hydrogens is 256 g/mol. The van der Waals surface area contributed by atoms with Crippen LogP contribution in [0.15, 0.2) is 18.5 Å². The molecule has 0 aromatic carbocycles. The van der Waals surface area contributed by atoms with Crippen LogP contribution in [0.2, 0.25) is 0 Å². The Hall–Kier alpha value is -2.39. The molecule has 0 atom stereocenters. The first kappa shape index (κ1) is 15.7. The number of nitrogens with one attached hydrogen (secondary N) is 2. The van der Waals surface area contributed by atoms with E-state index in [1.807, 2.05) is 6.92 Å². The van der Waals surface area contributed by atoms with Gasteiger partial charge in [0.1, 0.15) is 0 Å². The van der Waals surface area contributed by atoms with Crippen molar-refractivity contribution >= 4 is 11.8 Å². The highest BCUT2D eigenvalue weighted by Crippen LogP contribution is 2.01. The topological polar surface area (TPSA) is 97.1 Å². The minimum absolute atomic E-state index is 0.0580. The molecule has 1 aromatic rings. The highest BCUT2D eigenvalue weighted by Gasteiger charge is 2.08. The van der Waals surface area contributed by atoms with Crippen LogP contribution in [0.3, 0.4) is 0 Å². The van der Waals surface area contributed by atoms with Crippen molar-refractivity contribution in [1.82, 2.24) is 15.6 Å². The van der Waals surface area contributed by atoms with Gasteiger partial charge in [-0.1, -0.05) is 18.8 Å². The van der Waals surface area contributed by atoms with Crippen molar-refractivity contribution in [3.63, 3.8) is 0 Å². The van der Waals surface area contributed by atoms with E-state index >= 15 is 0 Å². The zero-order valence-corrected chi connectivity index (χ0v) is 11.4. The summed E-state index contributed by atoms with van der Waals surface area (Å²) in [5.74, 6) is 4.91. The normalized spacial score (nSPS) is 9.30. The second-order valence-corrected chi connectivity index (χ2v) is 4.00. The average Bonchev–Trinajstić information content (AvgIpc) is 2.48. The van der Waals surface area contributed by atoms with Crippen molar-refractivity contribution in [2.24, 2.45) is 5.73 Å². The monoisotopic (exact) mass is 274 g/mol. The van der Waals surface area contributed by atoms with Crippen LogP contribution in [0.4, 0.5) is 0 Å². The van der Waals surface area contributed by atoms with Gasteiger partial charge in [0.25, 0.3) is 5.91 Å². The lowest BCUT2D eigenvalue weighted by molar-refractivity contribution is -0.120. The van der Waals surface area contributed by atoms with Crippen molar-refractivity contribution in [3.8, 4) is 11.8 Å². The number of nitrogens with zero attached hydrogens (tertiary/aromatic N) is 1. The van der Waals surface area contributed by atoms with E-state index in [0.29, 0.717) is 17.7 Å². The van der Waals surface area contributed by atoms with Crippen molar-refractivity contribution in [1.29, 1.82) is 0 Å². The quantitative estimate of drug-likeness (QED) is 0.639. The Morgan fingerprint density at radius 1 is 1.35 bits per heavy atom. The number of aromatic nitrogens is 1. The number of amides is 2. The summed E-state index contributed by atoms with van der Waals surface area (Å²) >= 11 is 0. The molecule has 0 spiro atoms. The number of hydrogen-bond acceptors (Lipinski definition) is 4. The predicted octanol–water partition coefficient (Wildman–Crippen LogP) is -0.352. The third-order valence-electron chi connectivity index (χ3n) is 2.32. The molecule has 0 aliphatic rings. The van der Waals surface area contributed by atoms with E-state index in [1.54, 1.807) is 12.3 Å². The van der Waals surface area contributed by atoms with Gasteiger partial charge in [-0.3, -0.25) is 14.6 Å². The van der Waals surface area contributed by atoms with Crippen LogP contribution in [-0.4, -0.2) is 36.4 Å². The third-order valence-corrected chi connectivity index (χ3v) is 2.32. The van der Waals surface area contributed by atoms with Crippen LogP contribution in [0, 0.1) is 11.8 Å². The first-order chi connectivity index (χ1) is 9.67. The van der Waals surface area contributed by atoms with Crippen molar-refractivity contribution in [3.05, 3.63) is 29.6 Å². The molecule has 0 fully saturated rings. The molecule has 6 heteroatoms. The Labute approximate surface area is 118 Å². The summed E-state index contributed by atoms with van der Waals surface area (Å²) in [7, 11) is 0. The number of carbonyl (C=O) groups excluding carboxylic acids is 2. The maximum atomic E-state index is 11.8. The fourth-order valence-electron chi connectivity index (χ4n) is 1.38. The number of pyridine rings is 1. The van der Waals surface area contributed by atoms with E-state index in [-0.39, 0.29) is 24.9 Å². The molecular formula is C14H18N4O2. The number of hydrogen-bond donors (Lipinski definition) is 3. The SMILES string of the molecule is CCCNC(=O)CNC(=O)c1cncc(C#CCN)c1. The molecule has 0 saturated heterocycles. The zero-order valence-electron chi connectivity index (χ0n) is 11.4. The van der Waals surface area contributed by atoms with Gasteiger partial charge in [0.2, 0.25) is 5.91 Å². The summed E-state index contributed by atoms with van der Waals surface area (Å²) in [6.07, 6.45) is 3.83. The molecule has 1 heterocycles. The van der Waals surface area contributed by atoms with E-state index < -0.39 is 0 Å². The lowest BCUT2D eigenvalue weighted by Crippen LogP contribution is -2.37. The Balaban J connectivity index is 2.57. The Morgan fingerprint density at radius 2 is 2.15 bits per heavy atom. The molecule has 0 aliphatic carbocycles. The summed E-state index contributed by atoms with van der Waals surface area (Å²) < 4.78 is 0. The molecule has 2 amide bonds. The second-order valence-electron chi connectivity index (χ2n) is 4.00. The second kappa shape index (κ2) is 8.67. The Bertz CT molecular complexity index is 531. The standard InChI is InChI=1S/C14H18N4O2/c1-2-6-17-13(19)10-18-14(20)12-7-11(4-3-5-15)8-16-9-12/h7-9H,2,5-6,10,15H2,1H3,(H,17,19)(H,18,20). The lowest BCUT2D eigenvalue weighted by Gasteiger charge is -2.06. The molecule has 0 bridgehead atoms. The van der Waals surface area contributed by atoms with Crippen LogP contribution in [0.25, 0.3) is 0 Å². The van der Waals surface area contributed by atoms with Crippen LogP contribution in [-0.2, 0) is 4.79 Å². The van der Waals surface area contributed by atoms with Gasteiger partial charge in [0, 0.05) is 24.5 Å². The molecule has 0 aliphatic heterocycles. The number of nitrogens with two attached hydrogens (primary N) is 1. The molecule has 106 valence electrons. The maximum Gasteiger partial charge on any atom is 0.253 e. The molecule has 0 saturated carbocycles. The predicted molar refractivity (Wildman–Crippen MR) is 75.8 cm³/mol. The minimum atomic E-state index is -0.361. The van der Waals surface area contributed by atoms with E-state index in [4.69, 9.17) is 5.73 Å². The number of rotatable bonds is 5. The summed E-state index contributed by atoms with van der Waals surface area (Å²) in [5, 5.41) is 5.20. The molecule has 20 heavy (non-hydrogen) atoms. The smallest absolute Gasteiger partial charge is 0.253 e. The Morgan fingerprint density at radius 3 is 2.85 bits per heavy atom. The van der Waals surface area contributed by atoms with E-state index in [9.17, 15) is 9.59 Å². The van der Waals surface area contributed by atoms with Gasteiger partial charge in [-0.05, 0) is 12.5 Å². The van der Waals surface area contributed by atoms with Crippen molar-refractivity contribution < 1.29 is 9.59 Å². The van der Waals surface area contributed by atoms with Gasteiger partial charge >= 0.3 is 0 Å². The third kappa shape index (κ3) is 5.50. The van der Waals surface area contributed by atoms with Gasteiger partial charge in [-0.2, -0.15) is 0 Å². The highest BCUT2D eigenvalue weighted by molar-refractivity contribution is 5.96. The van der Waals surface area contributed by atoms with Crippen molar-refractivity contribution in [2.75, 3.05) is 19.6 Å². The summed E-state index contributed by atoms with van der Waals surface area (Å²) in [6.45, 7) is 2.74. The molecule has 1 rings (SSSR count).